The van der Waals surface area contributed by atoms with E-state index in [-0.39, 0.29) is 6.10 Å². The van der Waals surface area contributed by atoms with Crippen molar-refractivity contribution in [1.82, 2.24) is 14.9 Å². The molecule has 4 nitrogen and oxygen atoms in total. The van der Waals surface area contributed by atoms with Gasteiger partial charge >= 0.3 is 0 Å². The zero-order valence-electron chi connectivity index (χ0n) is 13.8. The molecule has 3 rings (SSSR count). The SMILES string of the molecule is CN(CCc1ccccc1)Cc1cnc([C@@H]2CCCCO2)nc1. The number of hydrogen-bond donors (Lipinski definition) is 0. The van der Waals surface area contributed by atoms with E-state index in [1.165, 1.54) is 12.0 Å². The van der Waals surface area contributed by atoms with E-state index in [1.807, 2.05) is 12.4 Å². The maximum Gasteiger partial charge on any atom is 0.157 e. The smallest absolute Gasteiger partial charge is 0.157 e. The molecule has 1 aliphatic heterocycles. The maximum atomic E-state index is 5.74. The standard InChI is InChI=1S/C19H25N3O/c1-22(11-10-16-7-3-2-4-8-16)15-17-13-20-19(21-14-17)18-9-5-6-12-23-18/h2-4,7-8,13-14,18H,5-6,9-12,15H2,1H3/t18-/m0/s1. The second-order valence-corrected chi connectivity index (χ2v) is 6.28. The first-order valence-corrected chi connectivity index (χ1v) is 8.46. The maximum absolute atomic E-state index is 5.74. The van der Waals surface area contributed by atoms with E-state index in [2.05, 4.69) is 52.2 Å². The number of nitrogens with zero attached hydrogens (tertiary/aromatic N) is 3. The first-order valence-electron chi connectivity index (χ1n) is 8.46. The Morgan fingerprint density at radius 1 is 1.09 bits per heavy atom. The summed E-state index contributed by atoms with van der Waals surface area (Å²) in [5.41, 5.74) is 2.53. The second-order valence-electron chi connectivity index (χ2n) is 6.28. The van der Waals surface area contributed by atoms with Gasteiger partial charge in [-0.2, -0.15) is 0 Å². The molecule has 1 atom stereocenters. The van der Waals surface area contributed by atoms with Crippen LogP contribution in [0.2, 0.25) is 0 Å². The van der Waals surface area contributed by atoms with Crippen molar-refractivity contribution in [2.24, 2.45) is 0 Å². The van der Waals surface area contributed by atoms with E-state index in [1.54, 1.807) is 0 Å². The van der Waals surface area contributed by atoms with E-state index in [4.69, 9.17) is 4.74 Å². The van der Waals surface area contributed by atoms with Crippen molar-refractivity contribution in [3.63, 3.8) is 0 Å². The molecule has 1 saturated heterocycles. The van der Waals surface area contributed by atoms with E-state index >= 15 is 0 Å². The van der Waals surface area contributed by atoms with Crippen LogP contribution in [-0.2, 0) is 17.7 Å². The molecule has 0 aliphatic carbocycles. The Morgan fingerprint density at radius 3 is 2.57 bits per heavy atom. The van der Waals surface area contributed by atoms with Crippen molar-refractivity contribution in [3.05, 3.63) is 59.7 Å². The predicted octanol–water partition coefficient (Wildman–Crippen LogP) is 3.39. The average Bonchev–Trinajstić information content (AvgIpc) is 2.62. The molecule has 0 amide bonds. The van der Waals surface area contributed by atoms with Crippen molar-refractivity contribution in [1.29, 1.82) is 0 Å². The quantitative estimate of drug-likeness (QED) is 0.819. The summed E-state index contributed by atoms with van der Waals surface area (Å²) in [4.78, 5) is 11.3. The van der Waals surface area contributed by atoms with Crippen LogP contribution in [-0.4, -0.2) is 35.1 Å². The van der Waals surface area contributed by atoms with Gasteiger partial charge in [-0.25, -0.2) is 9.97 Å². The Labute approximate surface area is 138 Å². The zero-order valence-corrected chi connectivity index (χ0v) is 13.8. The van der Waals surface area contributed by atoms with Gasteiger partial charge in [0.2, 0.25) is 0 Å². The van der Waals surface area contributed by atoms with Gasteiger partial charge in [0.25, 0.3) is 0 Å². The molecule has 2 aromatic rings. The number of benzene rings is 1. The van der Waals surface area contributed by atoms with Crippen LogP contribution in [0.15, 0.2) is 42.7 Å². The predicted molar refractivity (Wildman–Crippen MR) is 91.1 cm³/mol. The fraction of sp³-hybridized carbons (Fsp3) is 0.474. The molecule has 0 N–H and O–H groups in total. The van der Waals surface area contributed by atoms with Crippen LogP contribution in [0.25, 0.3) is 0 Å². The molecular formula is C19H25N3O. The summed E-state index contributed by atoms with van der Waals surface area (Å²) in [5.74, 6) is 0.834. The first-order chi connectivity index (χ1) is 11.3. The summed E-state index contributed by atoms with van der Waals surface area (Å²) in [6.45, 7) is 2.73. The highest BCUT2D eigenvalue weighted by Gasteiger charge is 2.18. The molecule has 0 saturated carbocycles. The van der Waals surface area contributed by atoms with Crippen LogP contribution in [0.3, 0.4) is 0 Å². The van der Waals surface area contributed by atoms with Gasteiger partial charge in [-0.1, -0.05) is 30.3 Å². The van der Waals surface area contributed by atoms with Gasteiger partial charge in [-0.05, 0) is 38.3 Å². The molecule has 1 aliphatic rings. The molecule has 122 valence electrons. The minimum Gasteiger partial charge on any atom is -0.370 e. The van der Waals surface area contributed by atoms with Crippen LogP contribution in [0.1, 0.15) is 42.3 Å². The van der Waals surface area contributed by atoms with Gasteiger partial charge in [0.1, 0.15) is 6.10 Å². The van der Waals surface area contributed by atoms with Crippen LogP contribution in [0.5, 0.6) is 0 Å². The lowest BCUT2D eigenvalue weighted by molar-refractivity contribution is 0.00938. The molecule has 23 heavy (non-hydrogen) atoms. The third-order valence-electron chi connectivity index (χ3n) is 4.27. The second kappa shape index (κ2) is 8.18. The third-order valence-corrected chi connectivity index (χ3v) is 4.27. The van der Waals surface area contributed by atoms with Gasteiger partial charge in [0.05, 0.1) is 0 Å². The van der Waals surface area contributed by atoms with Crippen LogP contribution >= 0.6 is 0 Å². The monoisotopic (exact) mass is 311 g/mol. The number of rotatable bonds is 6. The van der Waals surface area contributed by atoms with Crippen molar-refractivity contribution in [3.8, 4) is 0 Å². The molecule has 1 aromatic heterocycles. The fourth-order valence-electron chi connectivity index (χ4n) is 2.91. The Bertz CT molecular complexity index is 579. The van der Waals surface area contributed by atoms with Crippen molar-refractivity contribution < 1.29 is 4.74 Å². The van der Waals surface area contributed by atoms with E-state index in [9.17, 15) is 0 Å². The lowest BCUT2D eigenvalue weighted by Crippen LogP contribution is -2.21. The van der Waals surface area contributed by atoms with Crippen LogP contribution in [0, 0.1) is 0 Å². The van der Waals surface area contributed by atoms with Gasteiger partial charge in [0.15, 0.2) is 5.82 Å². The Hall–Kier alpha value is -1.78. The van der Waals surface area contributed by atoms with E-state index in [0.717, 1.165) is 50.3 Å². The van der Waals surface area contributed by atoms with Crippen molar-refractivity contribution in [2.75, 3.05) is 20.2 Å². The summed E-state index contributed by atoms with van der Waals surface area (Å²) < 4.78 is 5.74. The number of ether oxygens (including phenoxy) is 1. The lowest BCUT2D eigenvalue weighted by Gasteiger charge is -2.21. The zero-order chi connectivity index (χ0) is 15.9. The molecule has 1 aromatic carbocycles. The van der Waals surface area contributed by atoms with E-state index in [0.29, 0.717) is 0 Å². The normalized spacial score (nSPS) is 18.3. The molecule has 0 radical (unpaired) electrons. The topological polar surface area (TPSA) is 38.2 Å². The van der Waals surface area contributed by atoms with Crippen molar-refractivity contribution in [2.45, 2.75) is 38.3 Å². The molecule has 4 heteroatoms. The number of aromatic nitrogens is 2. The van der Waals surface area contributed by atoms with Gasteiger partial charge in [0, 0.05) is 37.7 Å². The Morgan fingerprint density at radius 2 is 1.87 bits per heavy atom. The van der Waals surface area contributed by atoms with Gasteiger partial charge < -0.3 is 9.64 Å². The third kappa shape index (κ3) is 4.85. The molecule has 2 heterocycles. The summed E-state index contributed by atoms with van der Waals surface area (Å²) in [7, 11) is 2.14. The minimum atomic E-state index is 0.0913. The molecule has 0 bridgehead atoms. The molecule has 0 spiro atoms. The highest BCUT2D eigenvalue weighted by atomic mass is 16.5. The van der Waals surface area contributed by atoms with Crippen molar-refractivity contribution >= 4 is 0 Å². The minimum absolute atomic E-state index is 0.0913. The molecular weight excluding hydrogens is 286 g/mol. The largest absolute Gasteiger partial charge is 0.370 e. The summed E-state index contributed by atoms with van der Waals surface area (Å²) >= 11 is 0. The Kier molecular flexibility index (Phi) is 5.72. The first kappa shape index (κ1) is 16.1. The van der Waals surface area contributed by atoms with Gasteiger partial charge in [-0.3, -0.25) is 0 Å². The summed E-state index contributed by atoms with van der Waals surface area (Å²) in [6.07, 6.45) is 8.44. The number of likely N-dealkylation sites (N-methyl/N-ethyl adjacent to an activating group) is 1. The molecule has 0 unspecified atom stereocenters. The van der Waals surface area contributed by atoms with Crippen LogP contribution < -0.4 is 0 Å². The Balaban J connectivity index is 1.49. The average molecular weight is 311 g/mol. The highest BCUT2D eigenvalue weighted by Crippen LogP contribution is 2.24. The highest BCUT2D eigenvalue weighted by molar-refractivity contribution is 5.15. The fourth-order valence-corrected chi connectivity index (χ4v) is 2.91. The lowest BCUT2D eigenvalue weighted by atomic mass is 10.1. The summed E-state index contributed by atoms with van der Waals surface area (Å²) in [5, 5.41) is 0. The van der Waals surface area contributed by atoms with E-state index < -0.39 is 0 Å². The summed E-state index contributed by atoms with van der Waals surface area (Å²) in [6, 6.07) is 10.6. The number of hydrogen-bond acceptors (Lipinski definition) is 4. The molecule has 1 fully saturated rings. The van der Waals surface area contributed by atoms with Crippen LogP contribution in [0.4, 0.5) is 0 Å². The van der Waals surface area contributed by atoms with Gasteiger partial charge in [-0.15, -0.1) is 0 Å².